The average Bonchev–Trinajstić information content (AvgIpc) is 2.97. The van der Waals surface area contributed by atoms with E-state index in [2.05, 4.69) is 9.46 Å². The Bertz CT molecular complexity index is 740. The second-order valence-electron chi connectivity index (χ2n) is 5.16. The van der Waals surface area contributed by atoms with Crippen LogP contribution in [0.1, 0.15) is 19.1 Å². The Morgan fingerprint density at radius 1 is 1.21 bits per heavy atom. The van der Waals surface area contributed by atoms with E-state index in [1.54, 1.807) is 19.1 Å². The van der Waals surface area contributed by atoms with Crippen molar-refractivity contribution in [3.05, 3.63) is 48.4 Å². The molecular formula is C15H16F3NO4S. The predicted octanol–water partition coefficient (Wildman–Crippen LogP) is 3.48. The van der Waals surface area contributed by atoms with Crippen molar-refractivity contribution in [2.75, 3.05) is 0 Å². The smallest absolute Gasteiger partial charge is 0.469 e. The van der Waals surface area contributed by atoms with Gasteiger partial charge in [-0.25, -0.2) is 13.1 Å². The molecule has 9 heteroatoms. The molecule has 0 unspecified atom stereocenters. The van der Waals surface area contributed by atoms with Crippen LogP contribution in [-0.2, 0) is 16.4 Å². The Balaban J connectivity index is 1.96. The number of benzene rings is 1. The molecule has 0 amide bonds. The Hall–Kier alpha value is -2.00. The van der Waals surface area contributed by atoms with Crippen LogP contribution in [0.25, 0.3) is 0 Å². The number of aryl methyl sites for hydroxylation is 1. The molecule has 0 bridgehead atoms. The molecule has 0 aliphatic rings. The second kappa shape index (κ2) is 7.27. The van der Waals surface area contributed by atoms with Crippen LogP contribution in [0.5, 0.6) is 5.75 Å². The van der Waals surface area contributed by atoms with Gasteiger partial charge in [0.2, 0.25) is 10.0 Å². The molecule has 1 N–H and O–H groups in total. The van der Waals surface area contributed by atoms with Crippen LogP contribution in [-0.4, -0.2) is 20.8 Å². The molecule has 1 atom stereocenters. The molecule has 132 valence electrons. The molecule has 0 fully saturated rings. The summed E-state index contributed by atoms with van der Waals surface area (Å²) < 4.78 is 72.0. The summed E-state index contributed by atoms with van der Waals surface area (Å²) in [6, 6.07) is 7.19. The lowest BCUT2D eigenvalue weighted by molar-refractivity contribution is -0.274. The minimum atomic E-state index is -4.82. The van der Waals surface area contributed by atoms with Gasteiger partial charge in [0.1, 0.15) is 11.5 Å². The highest BCUT2D eigenvalue weighted by Gasteiger charge is 2.31. The van der Waals surface area contributed by atoms with Gasteiger partial charge in [-0.1, -0.05) is 0 Å². The van der Waals surface area contributed by atoms with Gasteiger partial charge >= 0.3 is 6.36 Å². The van der Waals surface area contributed by atoms with Gasteiger partial charge in [-0.2, -0.15) is 0 Å². The molecule has 2 rings (SSSR count). The van der Waals surface area contributed by atoms with Crippen molar-refractivity contribution in [1.29, 1.82) is 0 Å². The lowest BCUT2D eigenvalue weighted by Gasteiger charge is -2.14. The number of hydrogen-bond donors (Lipinski definition) is 1. The van der Waals surface area contributed by atoms with Gasteiger partial charge in [-0.3, -0.25) is 0 Å². The van der Waals surface area contributed by atoms with E-state index in [1.807, 2.05) is 0 Å². The standard InChI is InChI=1S/C15H16F3NO4S/c1-11(4-5-12-3-2-10-22-12)19-24(20,21)14-8-6-13(7-9-14)23-15(16,17)18/h2-3,6-11,19H,4-5H2,1H3/t11-/m0/s1. The normalized spacial score (nSPS) is 13.7. The topological polar surface area (TPSA) is 68.5 Å². The van der Waals surface area contributed by atoms with Crippen molar-refractivity contribution in [1.82, 2.24) is 4.72 Å². The summed E-state index contributed by atoms with van der Waals surface area (Å²) in [6.07, 6.45) is -2.20. The van der Waals surface area contributed by atoms with Gasteiger partial charge in [0.05, 0.1) is 11.2 Å². The summed E-state index contributed by atoms with van der Waals surface area (Å²) in [5, 5.41) is 0. The average molecular weight is 363 g/mol. The molecule has 5 nitrogen and oxygen atoms in total. The third-order valence-electron chi connectivity index (χ3n) is 3.13. The highest BCUT2D eigenvalue weighted by atomic mass is 32.2. The molecule has 0 spiro atoms. The van der Waals surface area contributed by atoms with E-state index in [-0.39, 0.29) is 10.9 Å². The molecule has 1 aromatic heterocycles. The Morgan fingerprint density at radius 2 is 1.88 bits per heavy atom. The molecule has 1 aromatic carbocycles. The fraction of sp³-hybridized carbons (Fsp3) is 0.333. The van der Waals surface area contributed by atoms with Gasteiger partial charge in [0, 0.05) is 12.5 Å². The number of hydrogen-bond acceptors (Lipinski definition) is 4. The van der Waals surface area contributed by atoms with Crippen LogP contribution in [0.2, 0.25) is 0 Å². The number of alkyl halides is 3. The number of rotatable bonds is 7. The fourth-order valence-corrected chi connectivity index (χ4v) is 3.30. The Morgan fingerprint density at radius 3 is 2.42 bits per heavy atom. The summed E-state index contributed by atoms with van der Waals surface area (Å²) in [4.78, 5) is -0.137. The van der Waals surface area contributed by atoms with Crippen molar-refractivity contribution in [3.63, 3.8) is 0 Å². The largest absolute Gasteiger partial charge is 0.573 e. The summed E-state index contributed by atoms with van der Waals surface area (Å²) in [5.74, 6) is 0.266. The van der Waals surface area contributed by atoms with Crippen molar-refractivity contribution in [2.45, 2.75) is 37.1 Å². The molecule has 2 aromatic rings. The highest BCUT2D eigenvalue weighted by molar-refractivity contribution is 7.89. The Kier molecular flexibility index (Phi) is 5.55. The summed E-state index contributed by atoms with van der Waals surface area (Å²) in [6.45, 7) is 1.70. The van der Waals surface area contributed by atoms with Crippen LogP contribution >= 0.6 is 0 Å². The van der Waals surface area contributed by atoms with E-state index < -0.39 is 22.1 Å². The van der Waals surface area contributed by atoms with Crippen molar-refractivity contribution < 1.29 is 30.7 Å². The van der Waals surface area contributed by atoms with Crippen molar-refractivity contribution in [2.24, 2.45) is 0 Å². The van der Waals surface area contributed by atoms with E-state index in [0.29, 0.717) is 12.8 Å². The maximum atomic E-state index is 12.2. The summed E-state index contributed by atoms with van der Waals surface area (Å²) in [7, 11) is -3.83. The third kappa shape index (κ3) is 5.57. The second-order valence-corrected chi connectivity index (χ2v) is 6.87. The van der Waals surface area contributed by atoms with Crippen LogP contribution in [0, 0.1) is 0 Å². The maximum Gasteiger partial charge on any atom is 0.573 e. The first-order chi connectivity index (χ1) is 11.2. The van der Waals surface area contributed by atoms with E-state index in [0.717, 1.165) is 30.0 Å². The van der Waals surface area contributed by atoms with Gasteiger partial charge in [0.15, 0.2) is 0 Å². The minimum Gasteiger partial charge on any atom is -0.469 e. The van der Waals surface area contributed by atoms with Crippen LogP contribution in [0.3, 0.4) is 0 Å². The van der Waals surface area contributed by atoms with E-state index in [1.165, 1.54) is 6.26 Å². The molecule has 0 saturated carbocycles. The first kappa shape index (κ1) is 18.3. The summed E-state index contributed by atoms with van der Waals surface area (Å²) >= 11 is 0. The lowest BCUT2D eigenvalue weighted by Crippen LogP contribution is -2.32. The molecular weight excluding hydrogens is 347 g/mol. The number of nitrogens with one attached hydrogen (secondary N) is 1. The third-order valence-corrected chi connectivity index (χ3v) is 4.73. The quantitative estimate of drug-likeness (QED) is 0.818. The zero-order valence-electron chi connectivity index (χ0n) is 12.7. The predicted molar refractivity (Wildman–Crippen MR) is 79.9 cm³/mol. The maximum absolute atomic E-state index is 12.2. The zero-order chi connectivity index (χ0) is 17.8. The minimum absolute atomic E-state index is 0.137. The summed E-state index contributed by atoms with van der Waals surface area (Å²) in [5.41, 5.74) is 0. The zero-order valence-corrected chi connectivity index (χ0v) is 13.5. The molecule has 0 radical (unpaired) electrons. The number of halogens is 3. The lowest BCUT2D eigenvalue weighted by atomic mass is 10.2. The van der Waals surface area contributed by atoms with Gasteiger partial charge in [-0.05, 0) is 49.7 Å². The van der Waals surface area contributed by atoms with E-state index in [9.17, 15) is 21.6 Å². The molecule has 0 aliphatic heterocycles. The monoisotopic (exact) mass is 363 g/mol. The fourth-order valence-electron chi connectivity index (χ4n) is 2.03. The molecule has 0 saturated heterocycles. The number of ether oxygens (including phenoxy) is 1. The van der Waals surface area contributed by atoms with E-state index >= 15 is 0 Å². The van der Waals surface area contributed by atoms with Gasteiger partial charge in [-0.15, -0.1) is 13.2 Å². The van der Waals surface area contributed by atoms with Crippen LogP contribution < -0.4 is 9.46 Å². The van der Waals surface area contributed by atoms with Crippen LogP contribution in [0.15, 0.2) is 52.0 Å². The van der Waals surface area contributed by atoms with Crippen LogP contribution in [0.4, 0.5) is 13.2 Å². The molecule has 24 heavy (non-hydrogen) atoms. The van der Waals surface area contributed by atoms with Gasteiger partial charge in [0.25, 0.3) is 0 Å². The number of sulfonamides is 1. The first-order valence-electron chi connectivity index (χ1n) is 7.06. The van der Waals surface area contributed by atoms with E-state index in [4.69, 9.17) is 4.42 Å². The Labute approximate surface area is 137 Å². The number of furan rings is 1. The highest BCUT2D eigenvalue weighted by Crippen LogP contribution is 2.24. The SMILES string of the molecule is C[C@@H](CCc1ccco1)NS(=O)(=O)c1ccc(OC(F)(F)F)cc1. The van der Waals surface area contributed by atoms with Crippen molar-refractivity contribution >= 4 is 10.0 Å². The molecule has 0 aliphatic carbocycles. The molecule has 1 heterocycles. The van der Waals surface area contributed by atoms with Crippen molar-refractivity contribution in [3.8, 4) is 5.75 Å². The van der Waals surface area contributed by atoms with Gasteiger partial charge < -0.3 is 9.15 Å². The first-order valence-corrected chi connectivity index (χ1v) is 8.54.